The smallest absolute Gasteiger partial charge is 0.335 e. The van der Waals surface area contributed by atoms with Crippen molar-refractivity contribution in [3.8, 4) is 17.2 Å². The molecule has 0 unspecified atom stereocenters. The Bertz CT molecular complexity index is 1060. The summed E-state index contributed by atoms with van der Waals surface area (Å²) >= 11 is 9.86. The molecule has 0 bridgehead atoms. The fourth-order valence-electron chi connectivity index (χ4n) is 3.36. The van der Waals surface area contributed by atoms with Gasteiger partial charge in [0.1, 0.15) is 23.9 Å². The first-order valence-electron chi connectivity index (χ1n) is 10.0. The lowest BCUT2D eigenvalue weighted by Crippen LogP contribution is -2.02. The molecule has 0 saturated carbocycles. The van der Waals surface area contributed by atoms with E-state index in [1.165, 1.54) is 0 Å². The van der Waals surface area contributed by atoms with Gasteiger partial charge in [-0.3, -0.25) is 0 Å². The van der Waals surface area contributed by atoms with E-state index >= 15 is 0 Å². The third-order valence-corrected chi connectivity index (χ3v) is 5.80. The minimum absolute atomic E-state index is 0.289. The lowest BCUT2D eigenvalue weighted by atomic mass is 10.0. The number of carboxylic acids is 1. The zero-order chi connectivity index (χ0) is 23.1. The third-order valence-electron chi connectivity index (χ3n) is 4.99. The maximum Gasteiger partial charge on any atom is 0.335 e. The molecule has 7 heteroatoms. The molecule has 0 aliphatic heterocycles. The second kappa shape index (κ2) is 11.2. The molecule has 0 heterocycles. The van der Waals surface area contributed by atoms with E-state index in [1.807, 2.05) is 42.5 Å². The molecule has 3 aromatic carbocycles. The Labute approximate surface area is 201 Å². The quantitative estimate of drug-likeness (QED) is 0.328. The minimum atomic E-state index is -0.921. The summed E-state index contributed by atoms with van der Waals surface area (Å²) in [5.41, 5.74) is 3.30. The van der Waals surface area contributed by atoms with Gasteiger partial charge in [-0.05, 0) is 88.3 Å². The molecule has 0 fully saturated rings. The summed E-state index contributed by atoms with van der Waals surface area (Å²) in [5, 5.41) is 9.66. The summed E-state index contributed by atoms with van der Waals surface area (Å²) in [6.45, 7) is 0.345. The van der Waals surface area contributed by atoms with E-state index in [9.17, 15) is 4.79 Å². The third kappa shape index (κ3) is 6.40. The van der Waals surface area contributed by atoms with Gasteiger partial charge in [0.15, 0.2) is 0 Å². The van der Waals surface area contributed by atoms with Crippen molar-refractivity contribution in [3.05, 3.63) is 86.3 Å². The van der Waals surface area contributed by atoms with E-state index in [4.69, 9.17) is 30.9 Å². The number of benzene rings is 3. The van der Waals surface area contributed by atoms with Crippen LogP contribution in [0.15, 0.2) is 59.1 Å². The van der Waals surface area contributed by atoms with Gasteiger partial charge in [0.05, 0.1) is 24.3 Å². The molecule has 1 N–H and O–H groups in total. The fraction of sp³-hybridized carbons (Fsp3) is 0.240. The maximum atomic E-state index is 11.0. The highest BCUT2D eigenvalue weighted by Gasteiger charge is 2.12. The van der Waals surface area contributed by atoms with Gasteiger partial charge in [-0.2, -0.15) is 0 Å². The molecule has 3 rings (SSSR count). The maximum absolute atomic E-state index is 11.0. The number of carboxylic acid groups (broad SMARTS) is 1. The molecular weight excluding hydrogens is 496 g/mol. The molecule has 168 valence electrons. The lowest BCUT2D eigenvalue weighted by Gasteiger charge is -2.15. The standard InChI is InChI=1S/C25H24BrClO5/c1-30-21-10-17(11-22(14-21)31-2)15-32-24-19(12-20(27)13-23(24)26)5-3-4-16-6-8-18(9-7-16)25(28)29/h6-14H,3-5,15H2,1-2H3,(H,28,29). The molecule has 0 amide bonds. The second-order valence-electron chi connectivity index (χ2n) is 7.24. The van der Waals surface area contributed by atoms with Crippen LogP contribution in [0.5, 0.6) is 17.2 Å². The van der Waals surface area contributed by atoms with Gasteiger partial charge < -0.3 is 19.3 Å². The highest BCUT2D eigenvalue weighted by atomic mass is 79.9. The predicted molar refractivity (Wildman–Crippen MR) is 128 cm³/mol. The largest absolute Gasteiger partial charge is 0.497 e. The normalized spacial score (nSPS) is 10.6. The van der Waals surface area contributed by atoms with Crippen molar-refractivity contribution in [1.82, 2.24) is 0 Å². The Morgan fingerprint density at radius 2 is 1.59 bits per heavy atom. The molecule has 0 aliphatic rings. The van der Waals surface area contributed by atoms with Gasteiger partial charge >= 0.3 is 5.97 Å². The van der Waals surface area contributed by atoms with E-state index < -0.39 is 5.97 Å². The van der Waals surface area contributed by atoms with Crippen LogP contribution >= 0.6 is 27.5 Å². The van der Waals surface area contributed by atoms with Crippen molar-refractivity contribution < 1.29 is 24.1 Å². The van der Waals surface area contributed by atoms with Crippen molar-refractivity contribution in [1.29, 1.82) is 0 Å². The Morgan fingerprint density at radius 1 is 0.938 bits per heavy atom. The second-order valence-corrected chi connectivity index (χ2v) is 8.53. The molecule has 0 spiro atoms. The molecular formula is C25H24BrClO5. The zero-order valence-electron chi connectivity index (χ0n) is 17.9. The number of rotatable bonds is 10. The summed E-state index contributed by atoms with van der Waals surface area (Å²) in [6.07, 6.45) is 2.44. The monoisotopic (exact) mass is 518 g/mol. The number of carbonyl (C=O) groups is 1. The highest BCUT2D eigenvalue weighted by Crippen LogP contribution is 2.35. The average Bonchev–Trinajstić information content (AvgIpc) is 2.78. The molecule has 0 aromatic heterocycles. The summed E-state index contributed by atoms with van der Waals surface area (Å²) in [6, 6.07) is 16.3. The van der Waals surface area contributed by atoms with Crippen LogP contribution in [0.25, 0.3) is 0 Å². The van der Waals surface area contributed by atoms with Crippen molar-refractivity contribution in [2.75, 3.05) is 14.2 Å². The van der Waals surface area contributed by atoms with Gasteiger partial charge in [0.25, 0.3) is 0 Å². The van der Waals surface area contributed by atoms with Crippen LogP contribution in [0.2, 0.25) is 5.02 Å². The van der Waals surface area contributed by atoms with Gasteiger partial charge in [0, 0.05) is 11.1 Å². The molecule has 0 aliphatic carbocycles. The SMILES string of the molecule is COc1cc(COc2c(Br)cc(Cl)cc2CCCc2ccc(C(=O)O)cc2)cc(OC)c1. The Balaban J connectivity index is 1.70. The summed E-state index contributed by atoms with van der Waals surface area (Å²) in [4.78, 5) is 11.0. The lowest BCUT2D eigenvalue weighted by molar-refractivity contribution is 0.0697. The van der Waals surface area contributed by atoms with Crippen LogP contribution < -0.4 is 14.2 Å². The van der Waals surface area contributed by atoms with Crippen LogP contribution in [-0.4, -0.2) is 25.3 Å². The van der Waals surface area contributed by atoms with Crippen LogP contribution in [0, 0.1) is 0 Å². The highest BCUT2D eigenvalue weighted by molar-refractivity contribution is 9.10. The van der Waals surface area contributed by atoms with Gasteiger partial charge in [-0.25, -0.2) is 4.79 Å². The van der Waals surface area contributed by atoms with E-state index in [0.29, 0.717) is 23.1 Å². The van der Waals surface area contributed by atoms with E-state index in [2.05, 4.69) is 15.9 Å². The van der Waals surface area contributed by atoms with Crippen molar-refractivity contribution in [3.63, 3.8) is 0 Å². The number of hydrogen-bond donors (Lipinski definition) is 1. The first-order chi connectivity index (χ1) is 15.4. The molecule has 32 heavy (non-hydrogen) atoms. The first kappa shape index (κ1) is 24.0. The number of aromatic carboxylic acids is 1. The van der Waals surface area contributed by atoms with Gasteiger partial charge in [-0.1, -0.05) is 23.7 Å². The molecule has 0 saturated heterocycles. The van der Waals surface area contributed by atoms with Crippen LogP contribution in [0.1, 0.15) is 33.5 Å². The number of hydrogen-bond acceptors (Lipinski definition) is 4. The summed E-state index contributed by atoms with van der Waals surface area (Å²) in [5.74, 6) is 1.23. The average molecular weight is 520 g/mol. The van der Waals surface area contributed by atoms with E-state index in [-0.39, 0.29) is 5.56 Å². The summed E-state index contributed by atoms with van der Waals surface area (Å²) < 4.78 is 17.6. The Hall–Kier alpha value is -2.70. The van der Waals surface area contributed by atoms with Gasteiger partial charge in [0.2, 0.25) is 0 Å². The molecule has 5 nitrogen and oxygen atoms in total. The molecule has 3 aromatic rings. The van der Waals surface area contributed by atoms with Crippen LogP contribution in [-0.2, 0) is 19.4 Å². The van der Waals surface area contributed by atoms with Crippen molar-refractivity contribution in [2.45, 2.75) is 25.9 Å². The summed E-state index contributed by atoms with van der Waals surface area (Å²) in [7, 11) is 3.23. The number of halogens is 2. The Kier molecular flexibility index (Phi) is 8.42. The first-order valence-corrected chi connectivity index (χ1v) is 11.2. The number of aryl methyl sites for hydroxylation is 2. The van der Waals surface area contributed by atoms with E-state index in [1.54, 1.807) is 26.4 Å². The van der Waals surface area contributed by atoms with Crippen molar-refractivity contribution >= 4 is 33.5 Å². The van der Waals surface area contributed by atoms with Crippen LogP contribution in [0.3, 0.4) is 0 Å². The zero-order valence-corrected chi connectivity index (χ0v) is 20.2. The number of ether oxygens (including phenoxy) is 3. The Morgan fingerprint density at radius 3 is 2.19 bits per heavy atom. The molecule has 0 atom stereocenters. The number of methoxy groups -OCH3 is 2. The predicted octanol–water partition coefficient (Wildman–Crippen LogP) is 6.57. The van der Waals surface area contributed by atoms with Crippen molar-refractivity contribution in [2.24, 2.45) is 0 Å². The van der Waals surface area contributed by atoms with E-state index in [0.717, 1.165) is 46.2 Å². The topological polar surface area (TPSA) is 65.0 Å². The van der Waals surface area contributed by atoms with Crippen LogP contribution in [0.4, 0.5) is 0 Å². The minimum Gasteiger partial charge on any atom is -0.497 e. The van der Waals surface area contributed by atoms with Gasteiger partial charge in [-0.15, -0.1) is 0 Å². The molecule has 0 radical (unpaired) electrons. The fourth-order valence-corrected chi connectivity index (χ4v) is 4.35.